The number of fused-ring (bicyclic) bond motifs is 1. The summed E-state index contributed by atoms with van der Waals surface area (Å²) >= 11 is 12.3. The Balaban J connectivity index is 1.67. The van der Waals surface area contributed by atoms with Crippen molar-refractivity contribution in [3.05, 3.63) is 79.8 Å². The van der Waals surface area contributed by atoms with Crippen molar-refractivity contribution in [2.24, 2.45) is 0 Å². The number of hydrogen-bond acceptors (Lipinski definition) is 3. The predicted octanol–water partition coefficient (Wildman–Crippen LogP) is 4.20. The molecule has 0 bridgehead atoms. The quantitative estimate of drug-likeness (QED) is 0.530. The third-order valence-corrected chi connectivity index (χ3v) is 5.27. The molecule has 1 aromatic carbocycles. The fourth-order valence-corrected chi connectivity index (χ4v) is 3.78. The van der Waals surface area contributed by atoms with Gasteiger partial charge in [-0.05, 0) is 43.7 Å². The standard InChI is InChI=1S/C20H19Cl2N5O/c1-3-27-15(8-13-5-6-14(21)9-16(13)22)10-26(20(27)28)11-18-24-17-7-4-12(2)23-19(17)25-18/h4-7,9-10H,3,8,11H2,1-2H3,(H,23,24,25). The van der Waals surface area contributed by atoms with Crippen molar-refractivity contribution in [1.82, 2.24) is 24.1 Å². The molecule has 4 rings (SSSR count). The van der Waals surface area contributed by atoms with Gasteiger partial charge in [-0.1, -0.05) is 29.3 Å². The van der Waals surface area contributed by atoms with Gasteiger partial charge in [0.1, 0.15) is 5.82 Å². The van der Waals surface area contributed by atoms with E-state index in [1.165, 1.54) is 0 Å². The first-order chi connectivity index (χ1) is 13.4. The first-order valence-electron chi connectivity index (χ1n) is 8.99. The third-order valence-electron chi connectivity index (χ3n) is 4.69. The van der Waals surface area contributed by atoms with Crippen molar-refractivity contribution in [3.63, 3.8) is 0 Å². The van der Waals surface area contributed by atoms with Gasteiger partial charge in [0.2, 0.25) is 0 Å². The van der Waals surface area contributed by atoms with Crippen molar-refractivity contribution < 1.29 is 0 Å². The lowest BCUT2D eigenvalue weighted by Crippen LogP contribution is -2.25. The molecule has 0 saturated heterocycles. The van der Waals surface area contributed by atoms with Crippen LogP contribution in [0.25, 0.3) is 11.2 Å². The normalized spacial score (nSPS) is 11.4. The molecule has 144 valence electrons. The Hall–Kier alpha value is -2.57. The number of hydrogen-bond donors (Lipinski definition) is 1. The number of benzene rings is 1. The van der Waals surface area contributed by atoms with Crippen LogP contribution in [0.2, 0.25) is 10.0 Å². The minimum Gasteiger partial charge on any atom is -0.339 e. The van der Waals surface area contributed by atoms with Gasteiger partial charge in [-0.3, -0.25) is 9.13 Å². The highest BCUT2D eigenvalue weighted by Gasteiger charge is 2.14. The van der Waals surface area contributed by atoms with E-state index in [0.717, 1.165) is 22.5 Å². The molecule has 0 aliphatic heterocycles. The molecule has 28 heavy (non-hydrogen) atoms. The smallest absolute Gasteiger partial charge is 0.328 e. The minimum atomic E-state index is -0.0767. The average molecular weight is 416 g/mol. The van der Waals surface area contributed by atoms with Gasteiger partial charge in [0.05, 0.1) is 12.1 Å². The Morgan fingerprint density at radius 1 is 1.14 bits per heavy atom. The monoisotopic (exact) mass is 415 g/mol. The molecule has 0 spiro atoms. The van der Waals surface area contributed by atoms with Gasteiger partial charge in [-0.2, -0.15) is 0 Å². The fourth-order valence-electron chi connectivity index (χ4n) is 3.31. The summed E-state index contributed by atoms with van der Waals surface area (Å²) in [5.74, 6) is 0.694. The third kappa shape index (κ3) is 3.57. The second kappa shape index (κ2) is 7.45. The van der Waals surface area contributed by atoms with E-state index in [2.05, 4.69) is 15.0 Å². The zero-order chi connectivity index (χ0) is 19.8. The largest absolute Gasteiger partial charge is 0.339 e. The van der Waals surface area contributed by atoms with Crippen molar-refractivity contribution in [3.8, 4) is 0 Å². The van der Waals surface area contributed by atoms with E-state index in [4.69, 9.17) is 23.2 Å². The summed E-state index contributed by atoms with van der Waals surface area (Å²) in [6, 6.07) is 9.28. The summed E-state index contributed by atoms with van der Waals surface area (Å²) < 4.78 is 3.41. The van der Waals surface area contributed by atoms with Crippen molar-refractivity contribution >= 4 is 34.4 Å². The zero-order valence-corrected chi connectivity index (χ0v) is 17.1. The van der Waals surface area contributed by atoms with Crippen LogP contribution in [-0.2, 0) is 19.5 Å². The Kier molecular flexibility index (Phi) is 5.00. The Labute approximate surface area is 171 Å². The van der Waals surface area contributed by atoms with E-state index >= 15 is 0 Å². The van der Waals surface area contributed by atoms with Crippen LogP contribution in [0.15, 0.2) is 41.3 Å². The number of aromatic amines is 1. The summed E-state index contributed by atoms with van der Waals surface area (Å²) in [4.78, 5) is 25.0. The first kappa shape index (κ1) is 18.8. The Bertz CT molecular complexity index is 1220. The van der Waals surface area contributed by atoms with Gasteiger partial charge in [-0.25, -0.2) is 14.8 Å². The highest BCUT2D eigenvalue weighted by Crippen LogP contribution is 2.23. The van der Waals surface area contributed by atoms with E-state index in [9.17, 15) is 4.79 Å². The van der Waals surface area contributed by atoms with E-state index < -0.39 is 0 Å². The SMILES string of the molecule is CCn1c(Cc2ccc(Cl)cc2Cl)cn(Cc2nc3nc(C)ccc3[nH]2)c1=O. The number of H-pyrrole nitrogens is 1. The van der Waals surface area contributed by atoms with Gasteiger partial charge < -0.3 is 4.98 Å². The molecule has 0 radical (unpaired) electrons. The van der Waals surface area contributed by atoms with Crippen LogP contribution >= 0.6 is 23.2 Å². The lowest BCUT2D eigenvalue weighted by Gasteiger charge is -2.06. The minimum absolute atomic E-state index is 0.0767. The number of nitrogens with one attached hydrogen (secondary N) is 1. The van der Waals surface area contributed by atoms with E-state index in [0.29, 0.717) is 41.0 Å². The van der Waals surface area contributed by atoms with E-state index in [1.807, 2.05) is 38.2 Å². The molecule has 6 nitrogen and oxygen atoms in total. The van der Waals surface area contributed by atoms with Crippen molar-refractivity contribution in [2.75, 3.05) is 0 Å². The zero-order valence-electron chi connectivity index (χ0n) is 15.5. The van der Waals surface area contributed by atoms with Crippen LogP contribution in [-0.4, -0.2) is 24.1 Å². The van der Waals surface area contributed by atoms with Gasteiger partial charge in [0.25, 0.3) is 0 Å². The predicted molar refractivity (Wildman–Crippen MR) is 111 cm³/mol. The Morgan fingerprint density at radius 3 is 2.71 bits per heavy atom. The topological polar surface area (TPSA) is 68.5 Å². The molecule has 3 aromatic heterocycles. The highest BCUT2D eigenvalue weighted by molar-refractivity contribution is 6.35. The first-order valence-corrected chi connectivity index (χ1v) is 9.75. The maximum atomic E-state index is 12.8. The van der Waals surface area contributed by atoms with Gasteiger partial charge >= 0.3 is 5.69 Å². The number of halogens is 2. The van der Waals surface area contributed by atoms with Crippen LogP contribution in [0, 0.1) is 6.92 Å². The molecule has 0 aliphatic carbocycles. The lowest BCUT2D eigenvalue weighted by atomic mass is 10.1. The molecule has 0 saturated carbocycles. The molecule has 3 heterocycles. The number of imidazole rings is 2. The molecule has 0 fully saturated rings. The fraction of sp³-hybridized carbons (Fsp3) is 0.250. The van der Waals surface area contributed by atoms with Crippen LogP contribution in [0.1, 0.15) is 29.7 Å². The van der Waals surface area contributed by atoms with Gasteiger partial charge in [0.15, 0.2) is 5.65 Å². The number of rotatable bonds is 5. The molecule has 0 amide bonds. The summed E-state index contributed by atoms with van der Waals surface area (Å²) in [6.45, 7) is 4.80. The highest BCUT2D eigenvalue weighted by atomic mass is 35.5. The number of aromatic nitrogens is 5. The summed E-state index contributed by atoms with van der Waals surface area (Å²) in [5.41, 5.74) is 4.16. The van der Waals surface area contributed by atoms with Crippen LogP contribution in [0.5, 0.6) is 0 Å². The Morgan fingerprint density at radius 2 is 1.96 bits per heavy atom. The van der Waals surface area contributed by atoms with Crippen LogP contribution in [0.3, 0.4) is 0 Å². The second-order valence-electron chi connectivity index (χ2n) is 6.69. The molecule has 0 aliphatic rings. The molecule has 0 unspecified atom stereocenters. The second-order valence-corrected chi connectivity index (χ2v) is 7.54. The molecule has 1 N–H and O–H groups in total. The van der Waals surface area contributed by atoms with E-state index in [-0.39, 0.29) is 5.69 Å². The van der Waals surface area contributed by atoms with Crippen molar-refractivity contribution in [2.45, 2.75) is 33.4 Å². The number of pyridine rings is 1. The van der Waals surface area contributed by atoms with E-state index in [1.54, 1.807) is 21.3 Å². The molecule has 4 aromatic rings. The molecular formula is C20H19Cl2N5O. The number of nitrogens with zero attached hydrogens (tertiary/aromatic N) is 4. The lowest BCUT2D eigenvalue weighted by molar-refractivity contribution is 0.646. The maximum Gasteiger partial charge on any atom is 0.328 e. The van der Waals surface area contributed by atoms with Crippen LogP contribution in [0.4, 0.5) is 0 Å². The van der Waals surface area contributed by atoms with Crippen LogP contribution < -0.4 is 5.69 Å². The van der Waals surface area contributed by atoms with Gasteiger partial charge in [-0.15, -0.1) is 0 Å². The number of aryl methyl sites for hydroxylation is 1. The molecule has 8 heteroatoms. The summed E-state index contributed by atoms with van der Waals surface area (Å²) in [5, 5.41) is 1.18. The molecule has 0 atom stereocenters. The van der Waals surface area contributed by atoms with Crippen molar-refractivity contribution in [1.29, 1.82) is 0 Å². The van der Waals surface area contributed by atoms with Gasteiger partial charge in [0, 0.05) is 40.6 Å². The maximum absolute atomic E-state index is 12.8. The summed E-state index contributed by atoms with van der Waals surface area (Å²) in [6.07, 6.45) is 2.41. The average Bonchev–Trinajstić information content (AvgIpc) is 3.17. The molecular weight excluding hydrogens is 397 g/mol. The summed E-state index contributed by atoms with van der Waals surface area (Å²) in [7, 11) is 0.